The average Bonchev–Trinajstić information content (AvgIpc) is 2.62. The number of aliphatic imine (C=N–C) groups is 1. The number of hydrogen-bond donors (Lipinski definition) is 2. The minimum absolute atomic E-state index is 0.107. The third kappa shape index (κ3) is 5.83. The van der Waals surface area contributed by atoms with Crippen molar-refractivity contribution in [1.82, 2.24) is 15.6 Å². The molecule has 0 aliphatic rings. The van der Waals surface area contributed by atoms with Gasteiger partial charge in [0, 0.05) is 37.5 Å². The average molecular weight is 368 g/mol. The molecule has 9 heteroatoms. The van der Waals surface area contributed by atoms with Crippen molar-refractivity contribution in [3.8, 4) is 11.6 Å². The van der Waals surface area contributed by atoms with Crippen LogP contribution in [-0.2, 0) is 13.1 Å². The summed E-state index contributed by atoms with van der Waals surface area (Å²) in [6.45, 7) is 0.494. The van der Waals surface area contributed by atoms with Crippen molar-refractivity contribution in [3.63, 3.8) is 0 Å². The maximum Gasteiger partial charge on any atom is 0.573 e. The van der Waals surface area contributed by atoms with Crippen LogP contribution >= 0.6 is 0 Å². The highest BCUT2D eigenvalue weighted by Gasteiger charge is 2.31. The topological polar surface area (TPSA) is 67.8 Å². The summed E-state index contributed by atoms with van der Waals surface area (Å²) in [5.74, 6) is 0.647. The van der Waals surface area contributed by atoms with Crippen LogP contribution in [0.25, 0.3) is 0 Å². The Morgan fingerprint density at radius 2 is 1.73 bits per heavy atom. The van der Waals surface area contributed by atoms with E-state index in [1.165, 1.54) is 19.2 Å². The van der Waals surface area contributed by atoms with E-state index >= 15 is 0 Å². The zero-order chi connectivity index (χ0) is 19.0. The zero-order valence-corrected chi connectivity index (χ0v) is 14.3. The Morgan fingerprint density at radius 1 is 1.08 bits per heavy atom. The van der Waals surface area contributed by atoms with Gasteiger partial charge in [0.2, 0.25) is 5.88 Å². The van der Waals surface area contributed by atoms with Crippen molar-refractivity contribution < 1.29 is 22.6 Å². The number of nitrogens with zero attached hydrogens (tertiary/aromatic N) is 2. The van der Waals surface area contributed by atoms with Crippen LogP contribution < -0.4 is 20.1 Å². The summed E-state index contributed by atoms with van der Waals surface area (Å²) in [6.07, 6.45) is -3.13. The second kappa shape index (κ2) is 8.93. The normalized spacial score (nSPS) is 11.8. The minimum atomic E-state index is -4.74. The van der Waals surface area contributed by atoms with E-state index in [0.717, 1.165) is 5.56 Å². The molecule has 0 spiro atoms. The maximum atomic E-state index is 12.5. The number of guanidine groups is 1. The molecule has 0 radical (unpaired) electrons. The van der Waals surface area contributed by atoms with Gasteiger partial charge in [-0.05, 0) is 12.1 Å². The molecule has 0 unspecified atom stereocenters. The molecule has 1 heterocycles. The first-order valence-corrected chi connectivity index (χ1v) is 7.69. The van der Waals surface area contributed by atoms with E-state index in [1.807, 2.05) is 6.07 Å². The van der Waals surface area contributed by atoms with Crippen LogP contribution in [0, 0.1) is 0 Å². The predicted molar refractivity (Wildman–Crippen MR) is 91.0 cm³/mol. The molecule has 0 amide bonds. The summed E-state index contributed by atoms with van der Waals surface area (Å²) in [7, 11) is 3.09. The summed E-state index contributed by atoms with van der Waals surface area (Å²) in [6, 6.07) is 9.55. The van der Waals surface area contributed by atoms with Gasteiger partial charge in [0.05, 0.1) is 7.11 Å². The lowest BCUT2D eigenvalue weighted by atomic mass is 10.2. The summed E-state index contributed by atoms with van der Waals surface area (Å²) in [4.78, 5) is 8.14. The number of alkyl halides is 3. The lowest BCUT2D eigenvalue weighted by molar-refractivity contribution is -0.274. The van der Waals surface area contributed by atoms with E-state index < -0.39 is 6.36 Å². The number of pyridine rings is 1. The first kappa shape index (κ1) is 19.4. The Morgan fingerprint density at radius 3 is 2.38 bits per heavy atom. The molecular weight excluding hydrogens is 349 g/mol. The largest absolute Gasteiger partial charge is 0.573 e. The molecule has 0 bridgehead atoms. The van der Waals surface area contributed by atoms with Gasteiger partial charge in [0.25, 0.3) is 0 Å². The number of para-hydroxylation sites is 1. The van der Waals surface area contributed by atoms with E-state index in [1.54, 1.807) is 31.4 Å². The van der Waals surface area contributed by atoms with Crippen molar-refractivity contribution in [2.45, 2.75) is 19.5 Å². The SMILES string of the molecule is CN=C(NCc1ccccc1OC(F)(F)F)NCc1cccnc1OC. The van der Waals surface area contributed by atoms with Crippen LogP contribution in [0.15, 0.2) is 47.6 Å². The molecule has 1 aromatic heterocycles. The summed E-state index contributed by atoms with van der Waals surface area (Å²) in [5, 5.41) is 6.00. The van der Waals surface area contributed by atoms with Gasteiger partial charge in [-0.15, -0.1) is 13.2 Å². The fraction of sp³-hybridized carbons (Fsp3) is 0.294. The van der Waals surface area contributed by atoms with Crippen LogP contribution in [0.3, 0.4) is 0 Å². The molecule has 2 rings (SSSR count). The van der Waals surface area contributed by atoms with E-state index in [2.05, 4.69) is 25.3 Å². The van der Waals surface area contributed by atoms with Crippen molar-refractivity contribution in [1.29, 1.82) is 0 Å². The van der Waals surface area contributed by atoms with Crippen LogP contribution in [0.4, 0.5) is 13.2 Å². The number of aromatic nitrogens is 1. The monoisotopic (exact) mass is 368 g/mol. The number of ether oxygens (including phenoxy) is 2. The fourth-order valence-corrected chi connectivity index (χ4v) is 2.20. The Hall–Kier alpha value is -2.97. The summed E-state index contributed by atoms with van der Waals surface area (Å²) < 4.78 is 46.6. The Balaban J connectivity index is 1.97. The van der Waals surface area contributed by atoms with Gasteiger partial charge in [0.15, 0.2) is 5.96 Å². The first-order valence-electron chi connectivity index (χ1n) is 7.69. The van der Waals surface area contributed by atoms with Crippen LogP contribution in [-0.4, -0.2) is 31.5 Å². The van der Waals surface area contributed by atoms with E-state index in [-0.39, 0.29) is 12.3 Å². The molecule has 6 nitrogen and oxygen atoms in total. The van der Waals surface area contributed by atoms with Crippen LogP contribution in [0.1, 0.15) is 11.1 Å². The number of hydrogen-bond acceptors (Lipinski definition) is 4. The van der Waals surface area contributed by atoms with Crippen LogP contribution in [0.2, 0.25) is 0 Å². The highest BCUT2D eigenvalue weighted by atomic mass is 19.4. The molecule has 26 heavy (non-hydrogen) atoms. The minimum Gasteiger partial charge on any atom is -0.481 e. The van der Waals surface area contributed by atoms with Gasteiger partial charge in [-0.1, -0.05) is 24.3 Å². The summed E-state index contributed by atoms with van der Waals surface area (Å²) in [5.41, 5.74) is 1.17. The Kier molecular flexibility index (Phi) is 6.65. The number of rotatable bonds is 6. The van der Waals surface area contributed by atoms with Gasteiger partial charge in [-0.3, -0.25) is 4.99 Å². The molecule has 0 aliphatic heterocycles. The van der Waals surface area contributed by atoms with Crippen molar-refractivity contribution in [3.05, 3.63) is 53.7 Å². The van der Waals surface area contributed by atoms with E-state index in [0.29, 0.717) is 23.9 Å². The third-order valence-corrected chi connectivity index (χ3v) is 3.36. The van der Waals surface area contributed by atoms with Crippen LogP contribution in [0.5, 0.6) is 11.6 Å². The van der Waals surface area contributed by atoms with E-state index in [9.17, 15) is 13.2 Å². The number of halogens is 3. The van der Waals surface area contributed by atoms with Crippen molar-refractivity contribution in [2.75, 3.05) is 14.2 Å². The smallest absolute Gasteiger partial charge is 0.481 e. The number of nitrogens with one attached hydrogen (secondary N) is 2. The number of methoxy groups -OCH3 is 1. The standard InChI is InChI=1S/C17H19F3N4O2/c1-21-16(24-11-13-7-5-9-22-15(13)25-2)23-10-12-6-3-4-8-14(12)26-17(18,19)20/h3-9H,10-11H2,1-2H3,(H2,21,23,24). The van der Waals surface area contributed by atoms with Gasteiger partial charge >= 0.3 is 6.36 Å². The first-order chi connectivity index (χ1) is 12.4. The van der Waals surface area contributed by atoms with Gasteiger partial charge in [0.1, 0.15) is 5.75 Å². The van der Waals surface area contributed by atoms with Gasteiger partial charge in [-0.2, -0.15) is 0 Å². The van der Waals surface area contributed by atoms with Crippen molar-refractivity contribution >= 4 is 5.96 Å². The highest BCUT2D eigenvalue weighted by Crippen LogP contribution is 2.26. The lowest BCUT2D eigenvalue weighted by Crippen LogP contribution is -2.36. The second-order valence-corrected chi connectivity index (χ2v) is 5.11. The molecule has 0 aliphatic carbocycles. The Bertz CT molecular complexity index is 751. The van der Waals surface area contributed by atoms with Gasteiger partial charge < -0.3 is 20.1 Å². The van der Waals surface area contributed by atoms with Crippen molar-refractivity contribution in [2.24, 2.45) is 4.99 Å². The zero-order valence-electron chi connectivity index (χ0n) is 14.3. The molecule has 2 N–H and O–H groups in total. The molecule has 1 aromatic carbocycles. The Labute approximate surface area is 149 Å². The maximum absolute atomic E-state index is 12.5. The molecule has 140 valence electrons. The molecule has 2 aromatic rings. The third-order valence-electron chi connectivity index (χ3n) is 3.36. The fourth-order valence-electron chi connectivity index (χ4n) is 2.20. The molecular formula is C17H19F3N4O2. The molecule has 0 fully saturated rings. The highest BCUT2D eigenvalue weighted by molar-refractivity contribution is 5.79. The quantitative estimate of drug-likeness (QED) is 0.606. The second-order valence-electron chi connectivity index (χ2n) is 5.11. The lowest BCUT2D eigenvalue weighted by Gasteiger charge is -2.16. The molecule has 0 saturated carbocycles. The van der Waals surface area contributed by atoms with Gasteiger partial charge in [-0.25, -0.2) is 4.98 Å². The molecule has 0 atom stereocenters. The molecule has 0 saturated heterocycles. The predicted octanol–water partition coefficient (Wildman–Crippen LogP) is 2.85. The summed E-state index contributed by atoms with van der Waals surface area (Å²) >= 11 is 0. The van der Waals surface area contributed by atoms with E-state index in [4.69, 9.17) is 4.74 Å². The number of benzene rings is 1.